The second kappa shape index (κ2) is 6.16. The largest absolute Gasteiger partial charge is 0.355 e. The molecule has 0 aliphatic carbocycles. The van der Waals surface area contributed by atoms with E-state index >= 15 is 0 Å². The summed E-state index contributed by atoms with van der Waals surface area (Å²) in [4.78, 5) is 10.8. The molecule has 1 aromatic carbocycles. The Bertz CT molecular complexity index is 793. The molecule has 6 nitrogen and oxygen atoms in total. The van der Waals surface area contributed by atoms with E-state index in [9.17, 15) is 8.42 Å². The summed E-state index contributed by atoms with van der Waals surface area (Å²) in [6, 6.07) is 11.6. The molecule has 2 heterocycles. The maximum absolute atomic E-state index is 11.7. The number of hydrogen-bond acceptors (Lipinski definition) is 6. The molecule has 0 amide bonds. The first-order chi connectivity index (χ1) is 10.9. The van der Waals surface area contributed by atoms with Crippen LogP contribution in [0.15, 0.2) is 36.4 Å². The van der Waals surface area contributed by atoms with Crippen molar-refractivity contribution < 1.29 is 8.42 Å². The van der Waals surface area contributed by atoms with Crippen LogP contribution in [-0.2, 0) is 9.84 Å². The Balaban J connectivity index is 1.83. The maximum Gasteiger partial charge on any atom is 0.152 e. The number of hydrogen-bond donors (Lipinski definition) is 1. The quantitative estimate of drug-likeness (QED) is 0.925. The zero-order chi connectivity index (χ0) is 16.4. The predicted octanol–water partition coefficient (Wildman–Crippen LogP) is 2.15. The predicted molar refractivity (Wildman–Crippen MR) is 92.0 cm³/mol. The molecule has 0 saturated carbocycles. The number of para-hydroxylation sites is 1. The molecule has 23 heavy (non-hydrogen) atoms. The second-order valence-electron chi connectivity index (χ2n) is 5.82. The first kappa shape index (κ1) is 15.7. The van der Waals surface area contributed by atoms with Crippen molar-refractivity contribution in [2.75, 3.05) is 28.8 Å². The Morgan fingerprint density at radius 3 is 2.61 bits per heavy atom. The molecule has 1 fully saturated rings. The maximum atomic E-state index is 11.7. The van der Waals surface area contributed by atoms with Crippen LogP contribution in [0, 0.1) is 6.92 Å². The van der Waals surface area contributed by atoms with Crippen LogP contribution in [-0.4, -0.2) is 43.0 Å². The van der Waals surface area contributed by atoms with E-state index in [1.807, 2.05) is 55.3 Å². The SMILES string of the molecule is Cc1nc(Nc2ccccc2)cc(N(C)C2CCS(=O)(=O)C2)n1. The van der Waals surface area contributed by atoms with Crippen LogP contribution in [0.5, 0.6) is 0 Å². The Labute approximate surface area is 136 Å². The highest BCUT2D eigenvalue weighted by Gasteiger charge is 2.31. The van der Waals surface area contributed by atoms with Crippen molar-refractivity contribution in [3.63, 3.8) is 0 Å². The number of aryl methyl sites for hydroxylation is 1. The van der Waals surface area contributed by atoms with Gasteiger partial charge in [-0.05, 0) is 25.5 Å². The molecule has 122 valence electrons. The van der Waals surface area contributed by atoms with Crippen molar-refractivity contribution in [1.82, 2.24) is 9.97 Å². The third-order valence-corrected chi connectivity index (χ3v) is 5.74. The average molecular weight is 332 g/mol. The molecule has 1 aliphatic rings. The van der Waals surface area contributed by atoms with Crippen LogP contribution >= 0.6 is 0 Å². The zero-order valence-electron chi connectivity index (χ0n) is 13.2. The Kier molecular flexibility index (Phi) is 4.21. The van der Waals surface area contributed by atoms with E-state index < -0.39 is 9.84 Å². The number of aromatic nitrogens is 2. The summed E-state index contributed by atoms with van der Waals surface area (Å²) in [5.74, 6) is 2.52. The van der Waals surface area contributed by atoms with Crippen molar-refractivity contribution in [2.24, 2.45) is 0 Å². The molecule has 1 unspecified atom stereocenters. The van der Waals surface area contributed by atoms with E-state index in [0.29, 0.717) is 18.1 Å². The summed E-state index contributed by atoms with van der Waals surface area (Å²) >= 11 is 0. The summed E-state index contributed by atoms with van der Waals surface area (Å²) in [5.41, 5.74) is 0.947. The lowest BCUT2D eigenvalue weighted by molar-refractivity contribution is 0.600. The van der Waals surface area contributed by atoms with Gasteiger partial charge in [0.2, 0.25) is 0 Å². The third kappa shape index (κ3) is 3.79. The lowest BCUT2D eigenvalue weighted by Crippen LogP contribution is -2.33. The normalized spacial score (nSPS) is 19.5. The Morgan fingerprint density at radius 1 is 1.22 bits per heavy atom. The van der Waals surface area contributed by atoms with Crippen LogP contribution in [0.3, 0.4) is 0 Å². The van der Waals surface area contributed by atoms with Gasteiger partial charge in [-0.1, -0.05) is 18.2 Å². The Morgan fingerprint density at radius 2 is 1.96 bits per heavy atom. The average Bonchev–Trinajstić information content (AvgIpc) is 2.87. The van der Waals surface area contributed by atoms with E-state index in [2.05, 4.69) is 15.3 Å². The highest BCUT2D eigenvalue weighted by molar-refractivity contribution is 7.91. The van der Waals surface area contributed by atoms with Gasteiger partial charge in [0, 0.05) is 24.8 Å². The lowest BCUT2D eigenvalue weighted by Gasteiger charge is -2.25. The molecule has 1 N–H and O–H groups in total. The van der Waals surface area contributed by atoms with Gasteiger partial charge in [0.1, 0.15) is 17.5 Å². The smallest absolute Gasteiger partial charge is 0.152 e. The molecule has 0 spiro atoms. The van der Waals surface area contributed by atoms with Gasteiger partial charge in [-0.3, -0.25) is 0 Å². The molecular weight excluding hydrogens is 312 g/mol. The number of benzene rings is 1. The van der Waals surface area contributed by atoms with Gasteiger partial charge < -0.3 is 10.2 Å². The van der Waals surface area contributed by atoms with Gasteiger partial charge in [-0.2, -0.15) is 0 Å². The molecule has 1 saturated heterocycles. The van der Waals surface area contributed by atoms with Crippen LogP contribution in [0.25, 0.3) is 0 Å². The molecule has 3 rings (SSSR count). The van der Waals surface area contributed by atoms with Gasteiger partial charge in [0.25, 0.3) is 0 Å². The van der Waals surface area contributed by atoms with E-state index in [0.717, 1.165) is 11.5 Å². The van der Waals surface area contributed by atoms with Gasteiger partial charge in [-0.15, -0.1) is 0 Å². The first-order valence-electron chi connectivity index (χ1n) is 7.54. The minimum atomic E-state index is -2.92. The minimum absolute atomic E-state index is 0.0288. The van der Waals surface area contributed by atoms with Gasteiger partial charge in [0.05, 0.1) is 11.5 Å². The van der Waals surface area contributed by atoms with E-state index in [1.165, 1.54) is 0 Å². The summed E-state index contributed by atoms with van der Waals surface area (Å²) in [6.07, 6.45) is 0.642. The van der Waals surface area contributed by atoms with Crippen molar-refractivity contribution in [3.05, 3.63) is 42.2 Å². The highest BCUT2D eigenvalue weighted by atomic mass is 32.2. The van der Waals surface area contributed by atoms with Crippen molar-refractivity contribution in [1.29, 1.82) is 0 Å². The molecule has 1 aromatic heterocycles. The van der Waals surface area contributed by atoms with Crippen LogP contribution in [0.1, 0.15) is 12.2 Å². The summed E-state index contributed by atoms with van der Waals surface area (Å²) in [7, 11) is -1.03. The summed E-state index contributed by atoms with van der Waals surface area (Å²) in [6.45, 7) is 1.83. The van der Waals surface area contributed by atoms with E-state index in [-0.39, 0.29) is 17.5 Å². The fourth-order valence-corrected chi connectivity index (χ4v) is 4.51. The van der Waals surface area contributed by atoms with Crippen molar-refractivity contribution in [3.8, 4) is 0 Å². The number of nitrogens with zero attached hydrogens (tertiary/aromatic N) is 3. The topological polar surface area (TPSA) is 75.2 Å². The van der Waals surface area contributed by atoms with Crippen LogP contribution < -0.4 is 10.2 Å². The minimum Gasteiger partial charge on any atom is -0.355 e. The molecule has 1 atom stereocenters. The lowest BCUT2D eigenvalue weighted by atomic mass is 10.2. The third-order valence-electron chi connectivity index (χ3n) is 3.99. The van der Waals surface area contributed by atoms with Gasteiger partial charge >= 0.3 is 0 Å². The first-order valence-corrected chi connectivity index (χ1v) is 9.36. The number of sulfone groups is 1. The molecule has 0 radical (unpaired) electrons. The molecule has 0 bridgehead atoms. The fraction of sp³-hybridized carbons (Fsp3) is 0.375. The van der Waals surface area contributed by atoms with Crippen molar-refractivity contribution >= 4 is 27.2 Å². The van der Waals surface area contributed by atoms with Crippen LogP contribution in [0.2, 0.25) is 0 Å². The molecular formula is C16H20N4O2S. The van der Waals surface area contributed by atoms with Gasteiger partial charge in [0.15, 0.2) is 9.84 Å². The fourth-order valence-electron chi connectivity index (χ4n) is 2.73. The summed E-state index contributed by atoms with van der Waals surface area (Å²) in [5, 5.41) is 3.25. The van der Waals surface area contributed by atoms with E-state index in [1.54, 1.807) is 0 Å². The standard InChI is InChI=1S/C16H20N4O2S/c1-12-17-15(19-13-6-4-3-5-7-13)10-16(18-12)20(2)14-8-9-23(21,22)11-14/h3-7,10,14H,8-9,11H2,1-2H3,(H,17,18,19). The number of anilines is 3. The van der Waals surface area contributed by atoms with Crippen LogP contribution in [0.4, 0.5) is 17.3 Å². The second-order valence-corrected chi connectivity index (χ2v) is 8.05. The van der Waals surface area contributed by atoms with E-state index in [4.69, 9.17) is 0 Å². The zero-order valence-corrected chi connectivity index (χ0v) is 14.0. The monoisotopic (exact) mass is 332 g/mol. The number of nitrogens with one attached hydrogen (secondary N) is 1. The molecule has 7 heteroatoms. The van der Waals surface area contributed by atoms with Crippen molar-refractivity contribution in [2.45, 2.75) is 19.4 Å². The summed E-state index contributed by atoms with van der Waals surface area (Å²) < 4.78 is 23.4. The Hall–Kier alpha value is -2.15. The number of rotatable bonds is 4. The highest BCUT2D eigenvalue weighted by Crippen LogP contribution is 2.24. The molecule has 1 aliphatic heterocycles. The van der Waals surface area contributed by atoms with Gasteiger partial charge in [-0.25, -0.2) is 18.4 Å². The molecule has 2 aromatic rings.